The molecule has 0 spiro atoms. The molecular formula is C12H22N2O3. The number of amides is 1. The molecular weight excluding hydrogens is 220 g/mol. The second kappa shape index (κ2) is 5.49. The van der Waals surface area contributed by atoms with Gasteiger partial charge in [-0.3, -0.25) is 4.79 Å². The summed E-state index contributed by atoms with van der Waals surface area (Å²) in [6, 6.07) is 0. The Morgan fingerprint density at radius 1 is 1.47 bits per heavy atom. The molecule has 5 nitrogen and oxygen atoms in total. The highest BCUT2D eigenvalue weighted by molar-refractivity contribution is 5.88. The highest BCUT2D eigenvalue weighted by Gasteiger charge is 2.44. The van der Waals surface area contributed by atoms with Gasteiger partial charge in [-0.25, -0.2) is 4.79 Å². The maximum absolute atomic E-state index is 12.3. The van der Waals surface area contributed by atoms with Gasteiger partial charge in [0.15, 0.2) is 0 Å². The van der Waals surface area contributed by atoms with E-state index in [0.29, 0.717) is 19.4 Å². The smallest absolute Gasteiger partial charge is 0.329 e. The second-order valence-electron chi connectivity index (χ2n) is 4.87. The molecule has 1 aliphatic heterocycles. The van der Waals surface area contributed by atoms with Crippen molar-refractivity contribution >= 4 is 11.9 Å². The molecule has 5 heteroatoms. The molecule has 1 heterocycles. The van der Waals surface area contributed by atoms with Gasteiger partial charge in [-0.2, -0.15) is 0 Å². The third-order valence-electron chi connectivity index (χ3n) is 3.74. The van der Waals surface area contributed by atoms with E-state index < -0.39 is 11.5 Å². The van der Waals surface area contributed by atoms with Crippen LogP contribution in [0.4, 0.5) is 0 Å². The predicted octanol–water partition coefficient (Wildman–Crippen LogP) is 0.827. The first-order chi connectivity index (χ1) is 7.97. The quantitative estimate of drug-likeness (QED) is 0.764. The summed E-state index contributed by atoms with van der Waals surface area (Å²) in [7, 11) is 0. The lowest BCUT2D eigenvalue weighted by Crippen LogP contribution is -2.59. The maximum atomic E-state index is 12.3. The zero-order valence-electron chi connectivity index (χ0n) is 10.6. The van der Waals surface area contributed by atoms with Crippen molar-refractivity contribution in [2.24, 2.45) is 11.7 Å². The van der Waals surface area contributed by atoms with Crippen LogP contribution in [0.25, 0.3) is 0 Å². The molecule has 1 saturated heterocycles. The van der Waals surface area contributed by atoms with Gasteiger partial charge in [0.05, 0.1) is 5.92 Å². The first-order valence-electron chi connectivity index (χ1n) is 6.22. The van der Waals surface area contributed by atoms with Crippen molar-refractivity contribution in [3.05, 3.63) is 0 Å². The minimum Gasteiger partial charge on any atom is -0.480 e. The van der Waals surface area contributed by atoms with Gasteiger partial charge >= 0.3 is 5.97 Å². The summed E-state index contributed by atoms with van der Waals surface area (Å²) in [6.07, 6.45) is 2.90. The summed E-state index contributed by atoms with van der Waals surface area (Å²) >= 11 is 0. The topological polar surface area (TPSA) is 83.6 Å². The van der Waals surface area contributed by atoms with Crippen LogP contribution in [-0.2, 0) is 9.59 Å². The third kappa shape index (κ3) is 2.60. The third-order valence-corrected chi connectivity index (χ3v) is 3.74. The van der Waals surface area contributed by atoms with Gasteiger partial charge < -0.3 is 15.7 Å². The number of carboxylic acids is 1. The van der Waals surface area contributed by atoms with Gasteiger partial charge in [0.25, 0.3) is 0 Å². The molecule has 0 radical (unpaired) electrons. The number of carboxylic acid groups (broad SMARTS) is 1. The van der Waals surface area contributed by atoms with Crippen molar-refractivity contribution in [3.8, 4) is 0 Å². The van der Waals surface area contributed by atoms with Crippen LogP contribution >= 0.6 is 0 Å². The fraction of sp³-hybridized carbons (Fsp3) is 0.833. The van der Waals surface area contributed by atoms with Gasteiger partial charge in [-0.1, -0.05) is 6.92 Å². The molecule has 0 saturated carbocycles. The summed E-state index contributed by atoms with van der Waals surface area (Å²) in [5, 5.41) is 9.32. The van der Waals surface area contributed by atoms with Crippen molar-refractivity contribution in [3.63, 3.8) is 0 Å². The number of hydrogen-bond acceptors (Lipinski definition) is 3. The first-order valence-corrected chi connectivity index (χ1v) is 6.22. The van der Waals surface area contributed by atoms with E-state index in [1.54, 1.807) is 6.92 Å². The molecule has 1 aliphatic rings. The number of nitrogens with zero attached hydrogens (tertiary/aromatic N) is 1. The zero-order chi connectivity index (χ0) is 13.1. The Hall–Kier alpha value is -1.10. The molecule has 98 valence electrons. The number of hydrogen-bond donors (Lipinski definition) is 2. The summed E-state index contributed by atoms with van der Waals surface area (Å²) in [5.41, 5.74) is 4.50. The van der Waals surface area contributed by atoms with E-state index in [1.807, 2.05) is 6.92 Å². The van der Waals surface area contributed by atoms with Crippen LogP contribution in [0.3, 0.4) is 0 Å². The molecule has 0 bridgehead atoms. The van der Waals surface area contributed by atoms with Gasteiger partial charge in [0.1, 0.15) is 5.54 Å². The average molecular weight is 242 g/mol. The van der Waals surface area contributed by atoms with Crippen LogP contribution in [0, 0.1) is 5.92 Å². The Kier molecular flexibility index (Phi) is 4.51. The molecule has 3 N–H and O–H groups in total. The normalized spacial score (nSPS) is 26.6. The highest BCUT2D eigenvalue weighted by Crippen LogP contribution is 2.29. The Morgan fingerprint density at radius 3 is 2.59 bits per heavy atom. The predicted molar refractivity (Wildman–Crippen MR) is 64.4 cm³/mol. The molecule has 0 aromatic carbocycles. The molecule has 1 fully saturated rings. The monoisotopic (exact) mass is 242 g/mol. The fourth-order valence-corrected chi connectivity index (χ4v) is 2.36. The molecule has 1 rings (SSSR count). The Morgan fingerprint density at radius 2 is 2.12 bits per heavy atom. The number of carbonyl (C=O) groups is 2. The van der Waals surface area contributed by atoms with Crippen LogP contribution in [0.2, 0.25) is 0 Å². The Balaban J connectivity index is 2.92. The van der Waals surface area contributed by atoms with Crippen LogP contribution in [-0.4, -0.2) is 40.5 Å². The Bertz CT molecular complexity index is 302. The molecule has 17 heavy (non-hydrogen) atoms. The molecule has 1 amide bonds. The molecule has 2 unspecified atom stereocenters. The summed E-state index contributed by atoms with van der Waals surface area (Å²) in [4.78, 5) is 25.1. The summed E-state index contributed by atoms with van der Waals surface area (Å²) in [6.45, 7) is 4.34. The molecule has 0 aromatic rings. The van der Waals surface area contributed by atoms with Crippen molar-refractivity contribution in [1.29, 1.82) is 0 Å². The van der Waals surface area contributed by atoms with E-state index in [9.17, 15) is 14.7 Å². The average Bonchev–Trinajstić information content (AvgIpc) is 2.30. The standard InChI is InChI=1S/C12H22N2O3/c1-3-9(8-13)10(15)14-7-5-4-6-12(14,2)11(16)17/h9H,3-8,13H2,1-2H3,(H,16,17). The maximum Gasteiger partial charge on any atom is 0.329 e. The Labute approximate surface area is 102 Å². The SMILES string of the molecule is CCC(CN)C(=O)N1CCCCC1(C)C(=O)O. The van der Waals surface area contributed by atoms with Gasteiger partial charge in [0.2, 0.25) is 5.91 Å². The van der Waals surface area contributed by atoms with E-state index in [0.717, 1.165) is 12.8 Å². The summed E-state index contributed by atoms with van der Waals surface area (Å²) < 4.78 is 0. The zero-order valence-corrected chi connectivity index (χ0v) is 10.6. The first kappa shape index (κ1) is 14.0. The van der Waals surface area contributed by atoms with Crippen LogP contribution in [0.15, 0.2) is 0 Å². The van der Waals surface area contributed by atoms with Crippen LogP contribution < -0.4 is 5.73 Å². The molecule has 0 aliphatic carbocycles. The second-order valence-corrected chi connectivity index (χ2v) is 4.87. The van der Waals surface area contributed by atoms with E-state index in [2.05, 4.69) is 0 Å². The number of aliphatic carboxylic acids is 1. The van der Waals surface area contributed by atoms with Crippen LogP contribution in [0.5, 0.6) is 0 Å². The van der Waals surface area contributed by atoms with E-state index >= 15 is 0 Å². The minimum absolute atomic E-state index is 0.111. The van der Waals surface area contributed by atoms with Gasteiger partial charge in [-0.15, -0.1) is 0 Å². The van der Waals surface area contributed by atoms with E-state index in [1.165, 1.54) is 4.90 Å². The number of carbonyl (C=O) groups excluding carboxylic acids is 1. The van der Waals surface area contributed by atoms with Crippen molar-refractivity contribution < 1.29 is 14.7 Å². The molecule has 0 aromatic heterocycles. The summed E-state index contributed by atoms with van der Waals surface area (Å²) in [5.74, 6) is -1.29. The minimum atomic E-state index is -1.06. The van der Waals surface area contributed by atoms with Crippen molar-refractivity contribution in [2.75, 3.05) is 13.1 Å². The van der Waals surface area contributed by atoms with Gasteiger partial charge in [-0.05, 0) is 32.6 Å². The lowest BCUT2D eigenvalue weighted by atomic mass is 9.87. The van der Waals surface area contributed by atoms with E-state index in [4.69, 9.17) is 5.73 Å². The number of piperidine rings is 1. The lowest BCUT2D eigenvalue weighted by Gasteiger charge is -2.43. The van der Waals surface area contributed by atoms with E-state index in [-0.39, 0.29) is 18.4 Å². The van der Waals surface area contributed by atoms with Gasteiger partial charge in [0, 0.05) is 13.1 Å². The number of rotatable bonds is 4. The lowest BCUT2D eigenvalue weighted by molar-refractivity contribution is -0.162. The number of nitrogens with two attached hydrogens (primary N) is 1. The van der Waals surface area contributed by atoms with Crippen LogP contribution in [0.1, 0.15) is 39.5 Å². The molecule has 2 atom stereocenters. The van der Waals surface area contributed by atoms with Crippen molar-refractivity contribution in [2.45, 2.75) is 45.1 Å². The highest BCUT2D eigenvalue weighted by atomic mass is 16.4. The fourth-order valence-electron chi connectivity index (χ4n) is 2.36. The largest absolute Gasteiger partial charge is 0.480 e. The van der Waals surface area contributed by atoms with Crippen molar-refractivity contribution in [1.82, 2.24) is 4.90 Å². The number of likely N-dealkylation sites (tertiary alicyclic amines) is 1.